The highest BCUT2D eigenvalue weighted by molar-refractivity contribution is 5.78. The van der Waals surface area contributed by atoms with Crippen LogP contribution < -0.4 is 5.32 Å². The number of carbonyl (C=O) groups excluding carboxylic acids is 1. The predicted molar refractivity (Wildman–Crippen MR) is 118 cm³/mol. The lowest BCUT2D eigenvalue weighted by molar-refractivity contribution is -0.133. The van der Waals surface area contributed by atoms with E-state index in [0.29, 0.717) is 24.8 Å². The smallest absolute Gasteiger partial charge is 0.246 e. The van der Waals surface area contributed by atoms with Gasteiger partial charge in [0.1, 0.15) is 6.54 Å². The van der Waals surface area contributed by atoms with Gasteiger partial charge >= 0.3 is 0 Å². The molecule has 158 valence electrons. The van der Waals surface area contributed by atoms with Gasteiger partial charge in [0.25, 0.3) is 0 Å². The Morgan fingerprint density at radius 1 is 1.10 bits per heavy atom. The summed E-state index contributed by atoms with van der Waals surface area (Å²) in [5.74, 6) is 1.01. The van der Waals surface area contributed by atoms with E-state index in [1.807, 2.05) is 44.2 Å². The molecule has 6 nitrogen and oxygen atoms in total. The molecule has 0 aliphatic rings. The van der Waals surface area contributed by atoms with E-state index < -0.39 is 0 Å². The van der Waals surface area contributed by atoms with E-state index >= 15 is 0 Å². The summed E-state index contributed by atoms with van der Waals surface area (Å²) in [7, 11) is 0. The minimum Gasteiger partial charge on any atom is -0.337 e. The minimum absolute atomic E-state index is 0.0276. The first-order valence-electron chi connectivity index (χ1n) is 10.5. The van der Waals surface area contributed by atoms with Crippen LogP contribution in [0.3, 0.4) is 0 Å². The van der Waals surface area contributed by atoms with Crippen molar-refractivity contribution in [1.82, 2.24) is 20.4 Å². The van der Waals surface area contributed by atoms with Crippen LogP contribution in [0, 0.1) is 6.92 Å². The number of aryl methyl sites for hydroxylation is 2. The first kappa shape index (κ1) is 21.7. The maximum absolute atomic E-state index is 12.7. The molecule has 0 radical (unpaired) electrons. The SMILES string of the molecule is Cc1ccc(CCCNCC(=O)N(Cc2nc(-c3ccccc3)no2)C(C)C)cc1. The van der Waals surface area contributed by atoms with Crippen LogP contribution in [0.25, 0.3) is 11.4 Å². The van der Waals surface area contributed by atoms with Crippen molar-refractivity contribution in [2.24, 2.45) is 0 Å². The van der Waals surface area contributed by atoms with Gasteiger partial charge in [-0.15, -0.1) is 0 Å². The highest BCUT2D eigenvalue weighted by atomic mass is 16.5. The summed E-state index contributed by atoms with van der Waals surface area (Å²) in [6, 6.07) is 18.3. The Morgan fingerprint density at radius 3 is 2.53 bits per heavy atom. The van der Waals surface area contributed by atoms with Crippen LogP contribution in [-0.4, -0.2) is 40.1 Å². The minimum atomic E-state index is 0.0276. The molecule has 3 rings (SSSR count). The predicted octanol–water partition coefficient (Wildman–Crippen LogP) is 4.00. The molecule has 1 heterocycles. The molecular formula is C24H30N4O2. The molecule has 0 aliphatic carbocycles. The van der Waals surface area contributed by atoms with E-state index in [2.05, 4.69) is 46.6 Å². The molecular weight excluding hydrogens is 376 g/mol. The largest absolute Gasteiger partial charge is 0.337 e. The number of nitrogens with one attached hydrogen (secondary N) is 1. The number of rotatable bonds is 10. The summed E-state index contributed by atoms with van der Waals surface area (Å²) in [6.07, 6.45) is 1.99. The van der Waals surface area contributed by atoms with Gasteiger partial charge in [-0.25, -0.2) is 0 Å². The summed E-state index contributed by atoms with van der Waals surface area (Å²) in [5, 5.41) is 7.30. The number of nitrogens with zero attached hydrogens (tertiary/aromatic N) is 3. The molecule has 2 aromatic carbocycles. The average molecular weight is 407 g/mol. The average Bonchev–Trinajstić information content (AvgIpc) is 3.22. The second-order valence-corrected chi connectivity index (χ2v) is 7.76. The van der Waals surface area contributed by atoms with Crippen molar-refractivity contribution in [1.29, 1.82) is 0 Å². The lowest BCUT2D eigenvalue weighted by Gasteiger charge is -2.25. The van der Waals surface area contributed by atoms with Crippen LogP contribution in [-0.2, 0) is 17.8 Å². The second kappa shape index (κ2) is 10.7. The summed E-state index contributed by atoms with van der Waals surface area (Å²) in [4.78, 5) is 18.9. The number of amides is 1. The fourth-order valence-electron chi connectivity index (χ4n) is 3.20. The molecule has 30 heavy (non-hydrogen) atoms. The van der Waals surface area contributed by atoms with Gasteiger partial charge in [0.05, 0.1) is 6.54 Å². The molecule has 1 N–H and O–H groups in total. The molecule has 1 amide bonds. The second-order valence-electron chi connectivity index (χ2n) is 7.76. The lowest BCUT2D eigenvalue weighted by atomic mass is 10.1. The molecule has 3 aromatic rings. The standard InChI is InChI=1S/C24H30N4O2/c1-18(2)28(17-22-26-24(27-30-22)21-9-5-4-6-10-21)23(29)16-25-15-7-8-20-13-11-19(3)12-14-20/h4-6,9-14,18,25H,7-8,15-17H2,1-3H3. The van der Waals surface area contributed by atoms with Gasteiger partial charge in [-0.2, -0.15) is 4.98 Å². The Bertz CT molecular complexity index is 920. The Kier molecular flexibility index (Phi) is 7.74. The van der Waals surface area contributed by atoms with Crippen molar-refractivity contribution in [2.75, 3.05) is 13.1 Å². The maximum atomic E-state index is 12.7. The van der Waals surface area contributed by atoms with Gasteiger partial charge in [-0.05, 0) is 45.7 Å². The van der Waals surface area contributed by atoms with Gasteiger partial charge in [-0.3, -0.25) is 4.79 Å². The van der Waals surface area contributed by atoms with Gasteiger partial charge < -0.3 is 14.7 Å². The maximum Gasteiger partial charge on any atom is 0.246 e. The van der Waals surface area contributed by atoms with Crippen molar-refractivity contribution in [3.8, 4) is 11.4 Å². The van der Waals surface area contributed by atoms with Gasteiger partial charge in [0, 0.05) is 11.6 Å². The molecule has 1 aromatic heterocycles. The Labute approximate surface area is 178 Å². The summed E-state index contributed by atoms with van der Waals surface area (Å²) >= 11 is 0. The monoisotopic (exact) mass is 406 g/mol. The van der Waals surface area contributed by atoms with Gasteiger partial charge in [0.2, 0.25) is 17.6 Å². The highest BCUT2D eigenvalue weighted by Crippen LogP contribution is 2.16. The molecule has 0 fully saturated rings. The number of hydrogen-bond donors (Lipinski definition) is 1. The molecule has 0 bridgehead atoms. The molecule has 6 heteroatoms. The van der Waals surface area contributed by atoms with Crippen LogP contribution in [0.5, 0.6) is 0 Å². The lowest BCUT2D eigenvalue weighted by Crippen LogP contribution is -2.42. The van der Waals surface area contributed by atoms with Crippen LogP contribution >= 0.6 is 0 Å². The first-order valence-corrected chi connectivity index (χ1v) is 10.5. The van der Waals surface area contributed by atoms with Crippen LogP contribution in [0.15, 0.2) is 59.1 Å². The summed E-state index contributed by atoms with van der Waals surface area (Å²) in [5.41, 5.74) is 3.49. The zero-order chi connectivity index (χ0) is 21.3. The number of benzene rings is 2. The highest BCUT2D eigenvalue weighted by Gasteiger charge is 2.20. The van der Waals surface area contributed by atoms with Crippen molar-refractivity contribution in [3.05, 3.63) is 71.6 Å². The van der Waals surface area contributed by atoms with Crippen LogP contribution in [0.2, 0.25) is 0 Å². The summed E-state index contributed by atoms with van der Waals surface area (Å²) in [6.45, 7) is 7.47. The van der Waals surface area contributed by atoms with Crippen molar-refractivity contribution in [3.63, 3.8) is 0 Å². The van der Waals surface area contributed by atoms with Gasteiger partial charge in [0.15, 0.2) is 0 Å². The van der Waals surface area contributed by atoms with E-state index in [9.17, 15) is 4.79 Å². The topological polar surface area (TPSA) is 71.3 Å². The quantitative estimate of drug-likeness (QED) is 0.515. The van der Waals surface area contributed by atoms with Crippen molar-refractivity contribution in [2.45, 2.75) is 46.2 Å². The Balaban J connectivity index is 1.46. The number of aromatic nitrogens is 2. The molecule has 0 saturated heterocycles. The number of carbonyl (C=O) groups is 1. The first-order chi connectivity index (χ1) is 14.5. The zero-order valence-electron chi connectivity index (χ0n) is 18.0. The van der Waals surface area contributed by atoms with E-state index in [1.165, 1.54) is 11.1 Å². The van der Waals surface area contributed by atoms with Crippen LogP contribution in [0.4, 0.5) is 0 Å². The summed E-state index contributed by atoms with van der Waals surface area (Å²) < 4.78 is 5.37. The third-order valence-corrected chi connectivity index (χ3v) is 4.97. The van der Waals surface area contributed by atoms with E-state index in [0.717, 1.165) is 24.9 Å². The van der Waals surface area contributed by atoms with Crippen molar-refractivity contribution >= 4 is 5.91 Å². The van der Waals surface area contributed by atoms with E-state index in [-0.39, 0.29) is 11.9 Å². The molecule has 0 atom stereocenters. The molecule has 0 aliphatic heterocycles. The molecule has 0 saturated carbocycles. The van der Waals surface area contributed by atoms with Gasteiger partial charge in [-0.1, -0.05) is 65.3 Å². The third-order valence-electron chi connectivity index (χ3n) is 4.97. The number of hydrogen-bond acceptors (Lipinski definition) is 5. The van der Waals surface area contributed by atoms with E-state index in [4.69, 9.17) is 4.52 Å². The van der Waals surface area contributed by atoms with Crippen molar-refractivity contribution < 1.29 is 9.32 Å². The molecule has 0 spiro atoms. The fourth-order valence-corrected chi connectivity index (χ4v) is 3.20. The normalized spacial score (nSPS) is 11.1. The third kappa shape index (κ3) is 6.26. The Morgan fingerprint density at radius 2 is 1.83 bits per heavy atom. The Hall–Kier alpha value is -2.99. The van der Waals surface area contributed by atoms with E-state index in [1.54, 1.807) is 4.90 Å². The zero-order valence-corrected chi connectivity index (χ0v) is 18.0. The fraction of sp³-hybridized carbons (Fsp3) is 0.375. The molecule has 0 unspecified atom stereocenters. The van der Waals surface area contributed by atoms with Crippen LogP contribution in [0.1, 0.15) is 37.3 Å².